The molecule has 1 radical (unpaired) electrons. The number of ether oxygens (including phenoxy) is 1. The van der Waals surface area contributed by atoms with Crippen molar-refractivity contribution in [1.29, 1.82) is 0 Å². The average Bonchev–Trinajstić information content (AvgIpc) is 2.53. The maximum atomic E-state index is 5.16. The van der Waals surface area contributed by atoms with E-state index >= 15 is 0 Å². The van der Waals surface area contributed by atoms with Crippen LogP contribution in [0.5, 0.6) is 0 Å². The van der Waals surface area contributed by atoms with Crippen LogP contribution in [0.3, 0.4) is 0 Å². The van der Waals surface area contributed by atoms with Crippen molar-refractivity contribution in [2.75, 3.05) is 7.11 Å². The van der Waals surface area contributed by atoms with E-state index in [0.717, 1.165) is 12.3 Å². The summed E-state index contributed by atoms with van der Waals surface area (Å²) in [4.78, 5) is 0. The summed E-state index contributed by atoms with van der Waals surface area (Å²) < 4.78 is 5.16. The third-order valence-corrected chi connectivity index (χ3v) is 1.74. The van der Waals surface area contributed by atoms with Gasteiger partial charge in [0.15, 0.2) is 0 Å². The fraction of sp³-hybridized carbons (Fsp3) is 0.857. The number of rotatable bonds is 3. The summed E-state index contributed by atoms with van der Waals surface area (Å²) in [5.74, 6) is 0.845. The second-order valence-corrected chi connectivity index (χ2v) is 2.40. The Morgan fingerprint density at radius 1 is 1.75 bits per heavy atom. The van der Waals surface area contributed by atoms with Gasteiger partial charge in [-0.1, -0.05) is 6.92 Å². The molecule has 1 atom stereocenters. The van der Waals surface area contributed by atoms with Crippen LogP contribution in [0.2, 0.25) is 0 Å². The molecule has 1 unspecified atom stereocenters. The predicted octanol–water partition coefficient (Wildman–Crippen LogP) is 1.64. The summed E-state index contributed by atoms with van der Waals surface area (Å²) in [5, 5.41) is 0. The summed E-state index contributed by atoms with van der Waals surface area (Å²) in [6, 6.07) is 0. The molecule has 1 rings (SSSR count). The zero-order valence-electron chi connectivity index (χ0n) is 5.39. The number of hydrogen-bond donors (Lipinski definition) is 0. The molecule has 0 aromatic carbocycles. The predicted molar refractivity (Wildman–Crippen MR) is 33.5 cm³/mol. The van der Waals surface area contributed by atoms with Crippen molar-refractivity contribution < 1.29 is 4.74 Å². The Kier molecular flexibility index (Phi) is 1.90. The molecule has 1 aliphatic carbocycles. The van der Waals surface area contributed by atoms with Gasteiger partial charge < -0.3 is 4.74 Å². The Labute approximate surface area is 51.0 Å². The van der Waals surface area contributed by atoms with Crippen molar-refractivity contribution in [2.45, 2.75) is 25.4 Å². The van der Waals surface area contributed by atoms with Gasteiger partial charge in [-0.15, -0.1) is 0 Å². The molecule has 0 aliphatic heterocycles. The molecule has 0 amide bonds. The highest BCUT2D eigenvalue weighted by atomic mass is 16.5. The largest absolute Gasteiger partial charge is 0.381 e. The highest BCUT2D eigenvalue weighted by Gasteiger charge is 2.29. The summed E-state index contributed by atoms with van der Waals surface area (Å²) in [5.41, 5.74) is 0. The van der Waals surface area contributed by atoms with Gasteiger partial charge in [0, 0.05) is 7.11 Å². The smallest absolute Gasteiger partial charge is 0.0599 e. The lowest BCUT2D eigenvalue weighted by molar-refractivity contribution is 0.0865. The minimum atomic E-state index is 0.454. The van der Waals surface area contributed by atoms with Crippen LogP contribution in [0.15, 0.2) is 0 Å². The van der Waals surface area contributed by atoms with E-state index in [0.29, 0.717) is 6.10 Å². The molecule has 0 bridgehead atoms. The molecule has 0 saturated heterocycles. The zero-order valence-corrected chi connectivity index (χ0v) is 5.39. The lowest BCUT2D eigenvalue weighted by Gasteiger charge is -2.09. The monoisotopic (exact) mass is 113 g/mol. The van der Waals surface area contributed by atoms with Gasteiger partial charge in [0.1, 0.15) is 0 Å². The molecule has 8 heavy (non-hydrogen) atoms. The van der Waals surface area contributed by atoms with Gasteiger partial charge in [0.05, 0.1) is 6.10 Å². The van der Waals surface area contributed by atoms with Crippen molar-refractivity contribution in [2.24, 2.45) is 5.92 Å². The Morgan fingerprint density at radius 2 is 2.38 bits per heavy atom. The van der Waals surface area contributed by atoms with Gasteiger partial charge in [0.2, 0.25) is 0 Å². The molecule has 1 nitrogen and oxygen atoms in total. The lowest BCUT2D eigenvalue weighted by atomic mass is 10.2. The van der Waals surface area contributed by atoms with Crippen LogP contribution in [0.1, 0.15) is 19.3 Å². The lowest BCUT2D eigenvalue weighted by Crippen LogP contribution is -2.10. The Bertz CT molecular complexity index is 62.8. The van der Waals surface area contributed by atoms with Gasteiger partial charge in [-0.05, 0) is 25.2 Å². The highest BCUT2D eigenvalue weighted by molar-refractivity contribution is 4.82. The molecule has 0 spiro atoms. The molecule has 0 aromatic heterocycles. The third kappa shape index (κ3) is 1.22. The Morgan fingerprint density at radius 3 is 2.50 bits per heavy atom. The van der Waals surface area contributed by atoms with Gasteiger partial charge in [-0.25, -0.2) is 0 Å². The van der Waals surface area contributed by atoms with Gasteiger partial charge >= 0.3 is 0 Å². The van der Waals surface area contributed by atoms with E-state index in [9.17, 15) is 0 Å². The molecular weight excluding hydrogens is 100 g/mol. The highest BCUT2D eigenvalue weighted by Crippen LogP contribution is 2.35. The molecule has 1 saturated carbocycles. The van der Waals surface area contributed by atoms with E-state index in [1.54, 1.807) is 7.11 Å². The SMILES string of the molecule is [CH2]CC(OC)C1CC1. The van der Waals surface area contributed by atoms with Crippen LogP contribution < -0.4 is 0 Å². The molecule has 1 fully saturated rings. The Hall–Kier alpha value is -0.0400. The maximum Gasteiger partial charge on any atom is 0.0599 e. The van der Waals surface area contributed by atoms with Crippen molar-refractivity contribution >= 4 is 0 Å². The van der Waals surface area contributed by atoms with E-state index < -0.39 is 0 Å². The van der Waals surface area contributed by atoms with Gasteiger partial charge in [-0.3, -0.25) is 0 Å². The summed E-state index contributed by atoms with van der Waals surface area (Å²) >= 11 is 0. The van der Waals surface area contributed by atoms with Crippen molar-refractivity contribution in [3.63, 3.8) is 0 Å². The maximum absolute atomic E-state index is 5.16. The van der Waals surface area contributed by atoms with E-state index in [1.807, 2.05) is 0 Å². The molecule has 0 heterocycles. The first-order valence-electron chi connectivity index (χ1n) is 3.20. The summed E-state index contributed by atoms with van der Waals surface area (Å²) in [6.07, 6.45) is 4.10. The third-order valence-electron chi connectivity index (χ3n) is 1.74. The zero-order chi connectivity index (χ0) is 5.98. The first-order chi connectivity index (χ1) is 3.88. The second kappa shape index (κ2) is 2.49. The van der Waals surface area contributed by atoms with E-state index in [-0.39, 0.29) is 0 Å². The topological polar surface area (TPSA) is 9.23 Å². The van der Waals surface area contributed by atoms with Crippen LogP contribution in [-0.4, -0.2) is 13.2 Å². The minimum absolute atomic E-state index is 0.454. The molecule has 0 N–H and O–H groups in total. The van der Waals surface area contributed by atoms with Crippen LogP contribution in [0.4, 0.5) is 0 Å². The van der Waals surface area contributed by atoms with Crippen molar-refractivity contribution in [3.05, 3.63) is 6.92 Å². The van der Waals surface area contributed by atoms with Crippen LogP contribution in [0, 0.1) is 12.8 Å². The normalized spacial score (nSPS) is 23.2. The van der Waals surface area contributed by atoms with E-state index in [1.165, 1.54) is 12.8 Å². The first-order valence-corrected chi connectivity index (χ1v) is 3.20. The van der Waals surface area contributed by atoms with Crippen LogP contribution >= 0.6 is 0 Å². The van der Waals surface area contributed by atoms with Gasteiger partial charge in [0.25, 0.3) is 0 Å². The molecular formula is C7H13O. The van der Waals surface area contributed by atoms with Gasteiger partial charge in [-0.2, -0.15) is 0 Å². The Balaban J connectivity index is 2.15. The first kappa shape index (κ1) is 6.09. The fourth-order valence-electron chi connectivity index (χ4n) is 1.01. The molecule has 47 valence electrons. The fourth-order valence-corrected chi connectivity index (χ4v) is 1.01. The average molecular weight is 113 g/mol. The minimum Gasteiger partial charge on any atom is -0.381 e. The summed E-state index contributed by atoms with van der Waals surface area (Å²) in [6.45, 7) is 3.79. The van der Waals surface area contributed by atoms with Crippen LogP contribution in [-0.2, 0) is 4.74 Å². The van der Waals surface area contributed by atoms with E-state index in [2.05, 4.69) is 6.92 Å². The van der Waals surface area contributed by atoms with Crippen molar-refractivity contribution in [1.82, 2.24) is 0 Å². The molecule has 0 aromatic rings. The summed E-state index contributed by atoms with van der Waals surface area (Å²) in [7, 11) is 1.77. The quantitative estimate of drug-likeness (QED) is 0.540. The standard InChI is InChI=1S/C7H13O/c1-3-7(8-2)6-4-5-6/h6-7H,1,3-5H2,2H3. The number of hydrogen-bond acceptors (Lipinski definition) is 1. The second-order valence-electron chi connectivity index (χ2n) is 2.40. The number of methoxy groups -OCH3 is 1. The molecule has 1 aliphatic rings. The van der Waals surface area contributed by atoms with E-state index in [4.69, 9.17) is 4.74 Å². The van der Waals surface area contributed by atoms with Crippen LogP contribution in [0.25, 0.3) is 0 Å². The molecule has 1 heteroatoms. The van der Waals surface area contributed by atoms with Crippen molar-refractivity contribution in [3.8, 4) is 0 Å².